The minimum Gasteiger partial charge on any atom is -0.477 e. The number of aryl methyl sites for hydroxylation is 2. The predicted octanol–water partition coefficient (Wildman–Crippen LogP) is 3.45. The fourth-order valence-electron chi connectivity index (χ4n) is 2.32. The Labute approximate surface area is 148 Å². The summed E-state index contributed by atoms with van der Waals surface area (Å²) < 4.78 is 5.23. The molecule has 0 radical (unpaired) electrons. The van der Waals surface area contributed by atoms with Crippen LogP contribution in [0, 0.1) is 41.0 Å². The first-order valence-electron chi connectivity index (χ1n) is 7.63. The van der Waals surface area contributed by atoms with E-state index in [1.807, 2.05) is 0 Å². The molecule has 0 aromatic heterocycles. The zero-order valence-corrected chi connectivity index (χ0v) is 14.4. The number of rotatable bonds is 6. The third kappa shape index (κ3) is 4.12. The molecule has 2 aromatic rings. The molecule has 0 aliphatic rings. The van der Waals surface area contributed by atoms with Gasteiger partial charge in [0.1, 0.15) is 5.69 Å². The Bertz CT molecular complexity index is 894. The van der Waals surface area contributed by atoms with Crippen molar-refractivity contribution in [1.82, 2.24) is 0 Å². The molecule has 0 aliphatic heterocycles. The van der Waals surface area contributed by atoms with Crippen LogP contribution in [-0.4, -0.2) is 22.4 Å². The van der Waals surface area contributed by atoms with E-state index in [2.05, 4.69) is 5.32 Å². The Kier molecular flexibility index (Phi) is 5.51. The van der Waals surface area contributed by atoms with Gasteiger partial charge >= 0.3 is 5.69 Å². The molecule has 0 aliphatic carbocycles. The van der Waals surface area contributed by atoms with Crippen molar-refractivity contribution in [3.63, 3.8) is 0 Å². The van der Waals surface area contributed by atoms with Gasteiger partial charge < -0.3 is 10.1 Å². The predicted molar refractivity (Wildman–Crippen MR) is 94.5 cm³/mol. The van der Waals surface area contributed by atoms with Crippen molar-refractivity contribution in [2.75, 3.05) is 11.9 Å². The van der Waals surface area contributed by atoms with Crippen molar-refractivity contribution in [1.29, 1.82) is 0 Å². The molecule has 2 rings (SSSR count). The van der Waals surface area contributed by atoms with Crippen molar-refractivity contribution < 1.29 is 19.4 Å². The van der Waals surface area contributed by atoms with Gasteiger partial charge in [0.15, 0.2) is 12.4 Å². The van der Waals surface area contributed by atoms with Crippen LogP contribution >= 0.6 is 0 Å². The monoisotopic (exact) mass is 359 g/mol. The summed E-state index contributed by atoms with van der Waals surface area (Å²) in [6.45, 7) is 4.60. The van der Waals surface area contributed by atoms with E-state index >= 15 is 0 Å². The average Bonchev–Trinajstić information content (AvgIpc) is 2.57. The van der Waals surface area contributed by atoms with E-state index in [0.717, 1.165) is 5.56 Å². The van der Waals surface area contributed by atoms with E-state index in [1.165, 1.54) is 18.2 Å². The summed E-state index contributed by atoms with van der Waals surface area (Å²) in [6.07, 6.45) is 0. The van der Waals surface area contributed by atoms with Gasteiger partial charge in [-0.25, -0.2) is 0 Å². The van der Waals surface area contributed by atoms with Crippen molar-refractivity contribution >= 4 is 23.0 Å². The first kappa shape index (κ1) is 18.8. The van der Waals surface area contributed by atoms with Gasteiger partial charge in [-0.2, -0.15) is 0 Å². The molecule has 0 saturated heterocycles. The van der Waals surface area contributed by atoms with Crippen LogP contribution in [-0.2, 0) is 4.79 Å². The maximum atomic E-state index is 12.1. The summed E-state index contributed by atoms with van der Waals surface area (Å²) in [5, 5.41) is 24.7. The number of ether oxygens (including phenoxy) is 1. The highest BCUT2D eigenvalue weighted by Crippen LogP contribution is 2.31. The minimum atomic E-state index is -0.656. The first-order valence-corrected chi connectivity index (χ1v) is 7.63. The number of nitrogens with one attached hydrogen (secondary N) is 1. The number of hydrogen-bond donors (Lipinski definition) is 1. The third-order valence-electron chi connectivity index (χ3n) is 3.84. The van der Waals surface area contributed by atoms with Gasteiger partial charge in [0.25, 0.3) is 11.6 Å². The standard InChI is InChI=1S/C17H17N3O6/c1-10-4-7-15(14(8-10)20(24)25)26-9-16(21)18-17-12(3)11(2)5-6-13(17)19(22)23/h4-8H,9H2,1-3H3,(H,18,21). The number of amides is 1. The van der Waals surface area contributed by atoms with Crippen LogP contribution < -0.4 is 10.1 Å². The lowest BCUT2D eigenvalue weighted by atomic mass is 10.1. The lowest BCUT2D eigenvalue weighted by Gasteiger charge is -2.12. The third-order valence-corrected chi connectivity index (χ3v) is 3.84. The number of carbonyl (C=O) groups excluding carboxylic acids is 1. The van der Waals surface area contributed by atoms with Crippen LogP contribution in [0.1, 0.15) is 16.7 Å². The molecule has 1 N–H and O–H groups in total. The summed E-state index contributed by atoms with van der Waals surface area (Å²) in [7, 11) is 0. The molecule has 0 fully saturated rings. The second-order valence-electron chi connectivity index (χ2n) is 5.72. The van der Waals surface area contributed by atoms with Crippen molar-refractivity contribution in [2.24, 2.45) is 0 Å². The number of nitro benzene ring substituents is 2. The number of nitrogens with zero attached hydrogens (tertiary/aromatic N) is 2. The van der Waals surface area contributed by atoms with Crippen LogP contribution in [0.3, 0.4) is 0 Å². The van der Waals surface area contributed by atoms with E-state index in [9.17, 15) is 25.0 Å². The van der Waals surface area contributed by atoms with Gasteiger partial charge in [0.05, 0.1) is 9.85 Å². The molecule has 0 atom stereocenters. The molecule has 26 heavy (non-hydrogen) atoms. The fourth-order valence-corrected chi connectivity index (χ4v) is 2.32. The summed E-state index contributed by atoms with van der Waals surface area (Å²) in [5.41, 5.74) is 1.62. The molecule has 136 valence electrons. The second-order valence-corrected chi connectivity index (χ2v) is 5.72. The van der Waals surface area contributed by atoms with Crippen molar-refractivity contribution in [3.05, 3.63) is 67.3 Å². The molecule has 0 spiro atoms. The van der Waals surface area contributed by atoms with Gasteiger partial charge in [0.2, 0.25) is 0 Å². The van der Waals surface area contributed by atoms with Gasteiger partial charge in [-0.1, -0.05) is 12.1 Å². The van der Waals surface area contributed by atoms with Gasteiger partial charge in [0, 0.05) is 12.1 Å². The SMILES string of the molecule is Cc1ccc(OCC(=O)Nc2c([N+](=O)[O-])ccc(C)c2C)c([N+](=O)[O-])c1. The van der Waals surface area contributed by atoms with Crippen LogP contribution in [0.25, 0.3) is 0 Å². The molecule has 0 bridgehead atoms. The van der Waals surface area contributed by atoms with Crippen LogP contribution in [0.15, 0.2) is 30.3 Å². The first-order chi connectivity index (χ1) is 12.2. The van der Waals surface area contributed by atoms with E-state index in [4.69, 9.17) is 4.74 Å². The maximum Gasteiger partial charge on any atom is 0.311 e. The highest BCUT2D eigenvalue weighted by atomic mass is 16.6. The highest BCUT2D eigenvalue weighted by molar-refractivity contribution is 5.95. The van der Waals surface area contributed by atoms with E-state index in [-0.39, 0.29) is 22.8 Å². The Balaban J connectivity index is 2.18. The highest BCUT2D eigenvalue weighted by Gasteiger charge is 2.21. The minimum absolute atomic E-state index is 0.0498. The smallest absolute Gasteiger partial charge is 0.311 e. The van der Waals surface area contributed by atoms with E-state index < -0.39 is 22.4 Å². The summed E-state index contributed by atoms with van der Waals surface area (Å²) >= 11 is 0. The maximum absolute atomic E-state index is 12.1. The number of carbonyl (C=O) groups is 1. The van der Waals surface area contributed by atoms with Crippen molar-refractivity contribution in [2.45, 2.75) is 20.8 Å². The lowest BCUT2D eigenvalue weighted by Crippen LogP contribution is -2.21. The number of anilines is 1. The van der Waals surface area contributed by atoms with Gasteiger partial charge in [-0.3, -0.25) is 25.0 Å². The zero-order valence-electron chi connectivity index (χ0n) is 14.4. The normalized spacial score (nSPS) is 10.3. The molecular formula is C17H17N3O6. The van der Waals surface area contributed by atoms with Gasteiger partial charge in [-0.15, -0.1) is 0 Å². The van der Waals surface area contributed by atoms with E-state index in [1.54, 1.807) is 32.9 Å². The fraction of sp³-hybridized carbons (Fsp3) is 0.235. The van der Waals surface area contributed by atoms with Crippen LogP contribution in [0.4, 0.5) is 17.1 Å². The molecule has 0 saturated carbocycles. The number of hydrogen-bond acceptors (Lipinski definition) is 6. The number of nitro groups is 2. The summed E-state index contributed by atoms with van der Waals surface area (Å²) in [5.74, 6) is -0.706. The van der Waals surface area contributed by atoms with E-state index in [0.29, 0.717) is 11.1 Å². The van der Waals surface area contributed by atoms with Crippen LogP contribution in [0.5, 0.6) is 5.75 Å². The quantitative estimate of drug-likeness (QED) is 0.622. The Morgan fingerprint density at radius 1 is 1.04 bits per heavy atom. The Hall–Kier alpha value is -3.49. The summed E-state index contributed by atoms with van der Waals surface area (Å²) in [4.78, 5) is 33.2. The Morgan fingerprint density at radius 2 is 1.69 bits per heavy atom. The largest absolute Gasteiger partial charge is 0.477 e. The molecule has 0 heterocycles. The molecule has 1 amide bonds. The molecule has 9 heteroatoms. The Morgan fingerprint density at radius 3 is 2.31 bits per heavy atom. The van der Waals surface area contributed by atoms with Gasteiger partial charge in [-0.05, 0) is 43.5 Å². The van der Waals surface area contributed by atoms with Crippen LogP contribution in [0.2, 0.25) is 0 Å². The molecular weight excluding hydrogens is 342 g/mol. The topological polar surface area (TPSA) is 125 Å². The summed E-state index contributed by atoms with van der Waals surface area (Å²) in [6, 6.07) is 7.26. The average molecular weight is 359 g/mol. The molecule has 9 nitrogen and oxygen atoms in total. The van der Waals surface area contributed by atoms with Crippen molar-refractivity contribution in [3.8, 4) is 5.75 Å². The zero-order chi connectivity index (χ0) is 19.4. The second kappa shape index (κ2) is 7.60. The molecule has 0 unspecified atom stereocenters. The molecule has 2 aromatic carbocycles. The lowest BCUT2D eigenvalue weighted by molar-refractivity contribution is -0.385. The number of benzene rings is 2.